The van der Waals surface area contributed by atoms with Crippen molar-refractivity contribution >= 4 is 28.2 Å². The topological polar surface area (TPSA) is 73.9 Å². The Morgan fingerprint density at radius 3 is 2.50 bits per heavy atom. The van der Waals surface area contributed by atoms with Crippen LogP contribution in [0.15, 0.2) is 18.2 Å². The molecule has 0 saturated heterocycles. The number of carbonyl (C=O) groups is 2. The molecule has 0 spiro atoms. The summed E-state index contributed by atoms with van der Waals surface area (Å²) in [5.41, 5.74) is 2.26. The molecule has 0 aliphatic heterocycles. The van der Waals surface area contributed by atoms with Gasteiger partial charge in [-0.05, 0) is 57.4 Å². The Hall–Kier alpha value is -2.54. The van der Waals surface area contributed by atoms with Crippen LogP contribution in [0, 0.1) is 13.8 Å². The third-order valence-electron chi connectivity index (χ3n) is 4.29. The second-order valence-electron chi connectivity index (χ2n) is 6.17. The molecule has 0 bridgehead atoms. The molecule has 2 aromatic rings. The van der Waals surface area contributed by atoms with Gasteiger partial charge >= 0.3 is 5.97 Å². The summed E-state index contributed by atoms with van der Waals surface area (Å²) in [6.07, 6.45) is 0.835. The van der Waals surface area contributed by atoms with E-state index < -0.39 is 5.97 Å². The molecule has 1 aromatic carbocycles. The minimum Gasteiger partial charge on any atom is -0.493 e. The average molecular weight is 406 g/mol. The lowest BCUT2D eigenvalue weighted by Crippen LogP contribution is -2.15. The van der Waals surface area contributed by atoms with Crippen molar-refractivity contribution in [1.29, 1.82) is 0 Å². The molecular weight excluding hydrogens is 378 g/mol. The summed E-state index contributed by atoms with van der Waals surface area (Å²) in [6.45, 7) is 8.30. The summed E-state index contributed by atoms with van der Waals surface area (Å²) in [6, 6.07) is 5.65. The minimum atomic E-state index is -0.407. The van der Waals surface area contributed by atoms with Crippen LogP contribution in [0.2, 0.25) is 0 Å². The lowest BCUT2D eigenvalue weighted by Gasteiger charge is -2.11. The smallest absolute Gasteiger partial charge is 0.341 e. The van der Waals surface area contributed by atoms with Crippen LogP contribution in [0.25, 0.3) is 0 Å². The van der Waals surface area contributed by atoms with Crippen molar-refractivity contribution in [2.75, 3.05) is 25.6 Å². The van der Waals surface area contributed by atoms with Crippen molar-refractivity contribution < 1.29 is 23.8 Å². The number of hydrogen-bond acceptors (Lipinski definition) is 6. The fourth-order valence-electron chi connectivity index (χ4n) is 2.75. The Kier molecular flexibility index (Phi) is 7.87. The second kappa shape index (κ2) is 10.1. The van der Waals surface area contributed by atoms with Crippen LogP contribution in [-0.2, 0) is 16.0 Å². The third-order valence-corrected chi connectivity index (χ3v) is 5.41. The number of amides is 1. The highest BCUT2D eigenvalue weighted by Crippen LogP contribution is 2.33. The van der Waals surface area contributed by atoms with E-state index in [1.165, 1.54) is 11.3 Å². The van der Waals surface area contributed by atoms with Gasteiger partial charge in [-0.1, -0.05) is 6.07 Å². The Labute approximate surface area is 169 Å². The number of methoxy groups -OCH3 is 1. The van der Waals surface area contributed by atoms with Gasteiger partial charge in [-0.3, -0.25) is 4.79 Å². The van der Waals surface area contributed by atoms with E-state index in [1.807, 2.05) is 39.0 Å². The van der Waals surface area contributed by atoms with Crippen LogP contribution in [0.5, 0.6) is 11.5 Å². The molecule has 7 heteroatoms. The average Bonchev–Trinajstić information content (AvgIpc) is 2.94. The van der Waals surface area contributed by atoms with Gasteiger partial charge in [0.05, 0.1) is 25.9 Å². The molecule has 2 rings (SSSR count). The zero-order valence-corrected chi connectivity index (χ0v) is 17.8. The van der Waals surface area contributed by atoms with Crippen LogP contribution in [0.3, 0.4) is 0 Å². The predicted molar refractivity (Wildman–Crippen MR) is 111 cm³/mol. The van der Waals surface area contributed by atoms with Crippen LogP contribution in [0.1, 0.15) is 46.6 Å². The van der Waals surface area contributed by atoms with Gasteiger partial charge < -0.3 is 19.5 Å². The monoisotopic (exact) mass is 405 g/mol. The van der Waals surface area contributed by atoms with Gasteiger partial charge in [0.2, 0.25) is 5.91 Å². The van der Waals surface area contributed by atoms with Crippen LogP contribution < -0.4 is 14.8 Å². The number of thiophene rings is 1. The molecule has 1 heterocycles. The van der Waals surface area contributed by atoms with Crippen LogP contribution in [0.4, 0.5) is 5.00 Å². The minimum absolute atomic E-state index is 0.153. The van der Waals surface area contributed by atoms with Crippen molar-refractivity contribution in [2.45, 2.75) is 40.5 Å². The molecule has 0 fully saturated rings. The van der Waals surface area contributed by atoms with Gasteiger partial charge in [0, 0.05) is 11.3 Å². The first-order valence-electron chi connectivity index (χ1n) is 9.27. The molecule has 1 aromatic heterocycles. The van der Waals surface area contributed by atoms with E-state index in [2.05, 4.69) is 5.32 Å². The molecule has 28 heavy (non-hydrogen) atoms. The predicted octanol–water partition coefficient (Wildman–Crippen LogP) is 4.52. The first-order chi connectivity index (χ1) is 13.4. The fraction of sp³-hybridized carbons (Fsp3) is 0.429. The summed E-state index contributed by atoms with van der Waals surface area (Å²) in [4.78, 5) is 25.7. The molecule has 152 valence electrons. The van der Waals surface area contributed by atoms with Crippen LogP contribution >= 0.6 is 11.3 Å². The molecular formula is C21H27NO5S. The molecule has 1 N–H and O–H groups in total. The van der Waals surface area contributed by atoms with Gasteiger partial charge in [0.1, 0.15) is 5.00 Å². The van der Waals surface area contributed by atoms with Gasteiger partial charge in [0.25, 0.3) is 0 Å². The number of nitrogens with one attached hydrogen (secondary N) is 1. The van der Waals surface area contributed by atoms with E-state index in [-0.39, 0.29) is 12.3 Å². The van der Waals surface area contributed by atoms with E-state index in [0.717, 1.165) is 16.0 Å². The van der Waals surface area contributed by atoms with Crippen molar-refractivity contribution in [1.82, 2.24) is 0 Å². The van der Waals surface area contributed by atoms with Gasteiger partial charge in [-0.25, -0.2) is 4.79 Å². The SMILES string of the molecule is CCOC(=O)c1c(NC(=O)CCc2ccc(OCC)c(OC)c2)sc(C)c1C. The van der Waals surface area contributed by atoms with E-state index in [9.17, 15) is 9.59 Å². The van der Waals surface area contributed by atoms with E-state index in [1.54, 1.807) is 14.0 Å². The Balaban J connectivity index is 2.05. The van der Waals surface area contributed by atoms with Gasteiger partial charge in [0.15, 0.2) is 11.5 Å². The number of ether oxygens (including phenoxy) is 3. The molecule has 0 atom stereocenters. The molecule has 0 saturated carbocycles. The highest BCUT2D eigenvalue weighted by atomic mass is 32.1. The van der Waals surface area contributed by atoms with Gasteiger partial charge in [-0.2, -0.15) is 0 Å². The number of esters is 1. The molecule has 1 amide bonds. The van der Waals surface area contributed by atoms with Crippen molar-refractivity contribution in [2.24, 2.45) is 0 Å². The molecule has 0 aliphatic carbocycles. The Morgan fingerprint density at radius 1 is 1.11 bits per heavy atom. The number of anilines is 1. The number of rotatable bonds is 9. The van der Waals surface area contributed by atoms with E-state index in [0.29, 0.717) is 41.7 Å². The Bertz CT molecular complexity index is 844. The number of carbonyl (C=O) groups excluding carboxylic acids is 2. The van der Waals surface area contributed by atoms with Gasteiger partial charge in [-0.15, -0.1) is 11.3 Å². The second-order valence-corrected chi connectivity index (χ2v) is 7.40. The standard InChI is InChI=1S/C21H27NO5S/c1-6-26-16-10-8-15(12-17(16)25-5)9-11-18(23)22-20-19(21(24)27-7-2)13(3)14(4)28-20/h8,10,12H,6-7,9,11H2,1-5H3,(H,22,23). The normalized spacial score (nSPS) is 10.5. The maximum atomic E-state index is 12.5. The lowest BCUT2D eigenvalue weighted by molar-refractivity contribution is -0.116. The molecule has 0 aliphatic rings. The van der Waals surface area contributed by atoms with Crippen molar-refractivity contribution in [3.63, 3.8) is 0 Å². The highest BCUT2D eigenvalue weighted by molar-refractivity contribution is 7.16. The summed E-state index contributed by atoms with van der Waals surface area (Å²) in [5, 5.41) is 3.41. The maximum absolute atomic E-state index is 12.5. The molecule has 0 radical (unpaired) electrons. The summed E-state index contributed by atoms with van der Waals surface area (Å²) < 4.78 is 16.0. The number of aryl methyl sites for hydroxylation is 2. The molecule has 6 nitrogen and oxygen atoms in total. The van der Waals surface area contributed by atoms with E-state index in [4.69, 9.17) is 14.2 Å². The zero-order chi connectivity index (χ0) is 20.7. The van der Waals surface area contributed by atoms with Crippen LogP contribution in [-0.4, -0.2) is 32.2 Å². The first kappa shape index (κ1) is 21.8. The maximum Gasteiger partial charge on any atom is 0.341 e. The quantitative estimate of drug-likeness (QED) is 0.621. The largest absolute Gasteiger partial charge is 0.493 e. The number of hydrogen-bond donors (Lipinski definition) is 1. The summed E-state index contributed by atoms with van der Waals surface area (Å²) in [5.74, 6) is 0.770. The third kappa shape index (κ3) is 5.25. The van der Waals surface area contributed by atoms with Crippen molar-refractivity contribution in [3.05, 3.63) is 39.8 Å². The fourth-order valence-corrected chi connectivity index (χ4v) is 3.82. The summed E-state index contributed by atoms with van der Waals surface area (Å²) in [7, 11) is 1.59. The zero-order valence-electron chi connectivity index (χ0n) is 17.0. The number of benzene rings is 1. The lowest BCUT2D eigenvalue weighted by atomic mass is 10.1. The first-order valence-corrected chi connectivity index (χ1v) is 10.1. The summed E-state index contributed by atoms with van der Waals surface area (Å²) >= 11 is 1.39. The van der Waals surface area contributed by atoms with E-state index >= 15 is 0 Å². The Morgan fingerprint density at radius 2 is 1.86 bits per heavy atom. The molecule has 0 unspecified atom stereocenters. The highest BCUT2D eigenvalue weighted by Gasteiger charge is 2.22. The van der Waals surface area contributed by atoms with Crippen molar-refractivity contribution in [3.8, 4) is 11.5 Å².